The molecule has 0 bridgehead atoms. The molecule has 0 spiro atoms. The van der Waals surface area contributed by atoms with Gasteiger partial charge in [-0.3, -0.25) is 9.59 Å². The summed E-state index contributed by atoms with van der Waals surface area (Å²) in [6.07, 6.45) is 1.44. The van der Waals surface area contributed by atoms with Crippen LogP contribution in [0.2, 0.25) is 0 Å². The molecule has 0 aliphatic carbocycles. The van der Waals surface area contributed by atoms with Gasteiger partial charge in [0.15, 0.2) is 0 Å². The highest BCUT2D eigenvalue weighted by Crippen LogP contribution is 2.21. The number of aliphatic hydroxyl groups excluding tert-OH is 1. The fourth-order valence-electron chi connectivity index (χ4n) is 5.15. The number of anilines is 1. The summed E-state index contributed by atoms with van der Waals surface area (Å²) in [6, 6.07) is 15.4. The Morgan fingerprint density at radius 1 is 0.841 bits per heavy atom. The Balaban J connectivity index is 1.86. The lowest BCUT2D eigenvalue weighted by Crippen LogP contribution is -2.48. The molecule has 44 heavy (non-hydrogen) atoms. The number of halogens is 2. The van der Waals surface area contributed by atoms with Crippen LogP contribution in [-0.2, 0) is 19.4 Å². The van der Waals surface area contributed by atoms with Crippen LogP contribution in [-0.4, -0.2) is 67.7 Å². The molecule has 0 radical (unpaired) electrons. The minimum atomic E-state index is -1.08. The summed E-state index contributed by atoms with van der Waals surface area (Å²) >= 11 is 0. The summed E-state index contributed by atoms with van der Waals surface area (Å²) in [6.45, 7) is 7.95. The predicted molar refractivity (Wildman–Crippen MR) is 172 cm³/mol. The van der Waals surface area contributed by atoms with Crippen LogP contribution < -0.4 is 15.5 Å². The Morgan fingerprint density at radius 2 is 1.48 bits per heavy atom. The first-order valence-corrected chi connectivity index (χ1v) is 15.4. The molecule has 3 aromatic rings. The Morgan fingerprint density at radius 3 is 2.09 bits per heavy atom. The smallest absolute Gasteiger partial charge is 0.253 e. The molecule has 3 N–H and O–H groups in total. The van der Waals surface area contributed by atoms with E-state index in [4.69, 9.17) is 0 Å². The number of hydrogen-bond acceptors (Lipinski definition) is 5. The van der Waals surface area contributed by atoms with Crippen molar-refractivity contribution in [3.05, 3.63) is 100 Å². The fourth-order valence-corrected chi connectivity index (χ4v) is 5.15. The monoisotopic (exact) mass is 608 g/mol. The second-order valence-corrected chi connectivity index (χ2v) is 11.4. The first-order valence-electron chi connectivity index (χ1n) is 15.4. The number of rotatable bonds is 16. The lowest BCUT2D eigenvalue weighted by molar-refractivity contribution is 0.0755. The number of carbonyl (C=O) groups is 2. The van der Waals surface area contributed by atoms with E-state index in [0.717, 1.165) is 30.9 Å². The average Bonchev–Trinajstić information content (AvgIpc) is 2.99. The summed E-state index contributed by atoms with van der Waals surface area (Å²) in [5.41, 5.74) is 3.88. The van der Waals surface area contributed by atoms with Crippen LogP contribution in [0, 0.1) is 11.6 Å². The second kappa shape index (κ2) is 16.9. The Bertz CT molecular complexity index is 1370. The lowest BCUT2D eigenvalue weighted by Gasteiger charge is -2.26. The normalized spacial score (nSPS) is 12.5. The summed E-state index contributed by atoms with van der Waals surface area (Å²) in [4.78, 5) is 30.7. The maximum atomic E-state index is 14.0. The number of carbonyl (C=O) groups excluding carboxylic acids is 2. The molecule has 238 valence electrons. The van der Waals surface area contributed by atoms with Crippen LogP contribution in [0.1, 0.15) is 71.0 Å². The molecular weight excluding hydrogens is 562 g/mol. The maximum Gasteiger partial charge on any atom is 0.253 e. The third kappa shape index (κ3) is 10.1. The SMILES string of the molecule is CCCN(CCC)C(=O)c1cc(C(=O)N[C@H](Cc2cc(F)cc(F)c2)[C@@H](O)CNCc2cccc(CC)c2)cc(N(C)C)c1. The number of nitrogens with one attached hydrogen (secondary N) is 2. The quantitative estimate of drug-likeness (QED) is 0.204. The standard InChI is InChI=1S/C35H46F2N4O3/c1-6-12-41(13-7-2)35(44)28-18-27(19-31(20-28)40(4)5)34(43)39-32(17-26-15-29(36)21-30(37)16-26)33(42)23-38-22-25-11-9-10-24(8-3)14-25/h9-11,14-16,18-21,32-33,38,42H,6-8,12-13,17,22-23H2,1-5H3,(H,39,43)/t32-,33+/m1/s1. The second-order valence-electron chi connectivity index (χ2n) is 11.4. The molecule has 0 aliphatic heterocycles. The van der Waals surface area contributed by atoms with Crippen LogP contribution in [0.25, 0.3) is 0 Å². The van der Waals surface area contributed by atoms with Crippen molar-refractivity contribution >= 4 is 17.5 Å². The van der Waals surface area contributed by atoms with Crippen molar-refractivity contribution in [2.24, 2.45) is 0 Å². The maximum absolute atomic E-state index is 14.0. The van der Waals surface area contributed by atoms with Crippen molar-refractivity contribution in [2.75, 3.05) is 38.6 Å². The van der Waals surface area contributed by atoms with E-state index < -0.39 is 29.7 Å². The molecule has 0 aromatic heterocycles. The topological polar surface area (TPSA) is 84.9 Å². The highest BCUT2D eigenvalue weighted by molar-refractivity contribution is 6.01. The first-order chi connectivity index (χ1) is 21.0. The number of benzene rings is 3. The largest absolute Gasteiger partial charge is 0.390 e. The molecule has 0 fully saturated rings. The van der Waals surface area contributed by atoms with Gasteiger partial charge in [-0.05, 0) is 72.7 Å². The number of aryl methyl sites for hydroxylation is 1. The van der Waals surface area contributed by atoms with E-state index in [1.807, 2.05) is 45.0 Å². The van der Waals surface area contributed by atoms with E-state index in [-0.39, 0.29) is 24.4 Å². The van der Waals surface area contributed by atoms with Crippen molar-refractivity contribution in [2.45, 2.75) is 65.1 Å². The summed E-state index contributed by atoms with van der Waals surface area (Å²) in [5.74, 6) is -2.13. The highest BCUT2D eigenvalue weighted by atomic mass is 19.1. The molecule has 3 rings (SSSR count). The fraction of sp³-hybridized carbons (Fsp3) is 0.429. The van der Waals surface area contributed by atoms with Crippen LogP contribution in [0.15, 0.2) is 60.7 Å². The van der Waals surface area contributed by atoms with Gasteiger partial charge in [0.25, 0.3) is 11.8 Å². The Kier molecular flexibility index (Phi) is 13.3. The van der Waals surface area contributed by atoms with E-state index in [1.54, 1.807) is 23.1 Å². The first kappa shape index (κ1) is 34.7. The minimum Gasteiger partial charge on any atom is -0.390 e. The van der Waals surface area contributed by atoms with E-state index in [2.05, 4.69) is 29.7 Å². The van der Waals surface area contributed by atoms with Crippen molar-refractivity contribution in [1.29, 1.82) is 0 Å². The predicted octanol–water partition coefficient (Wildman–Crippen LogP) is 5.35. The zero-order chi connectivity index (χ0) is 32.2. The van der Waals surface area contributed by atoms with Crippen LogP contribution >= 0.6 is 0 Å². The van der Waals surface area contributed by atoms with Crippen LogP contribution in [0.3, 0.4) is 0 Å². The molecule has 2 amide bonds. The van der Waals surface area contributed by atoms with Crippen molar-refractivity contribution in [3.8, 4) is 0 Å². The highest BCUT2D eigenvalue weighted by Gasteiger charge is 2.25. The lowest BCUT2D eigenvalue weighted by atomic mass is 9.99. The number of nitrogens with zero attached hydrogens (tertiary/aromatic N) is 2. The van der Waals surface area contributed by atoms with E-state index in [1.165, 1.54) is 17.7 Å². The number of amides is 2. The van der Waals surface area contributed by atoms with E-state index in [9.17, 15) is 23.5 Å². The van der Waals surface area contributed by atoms with Crippen molar-refractivity contribution in [3.63, 3.8) is 0 Å². The zero-order valence-corrected chi connectivity index (χ0v) is 26.5. The number of aliphatic hydroxyl groups is 1. The van der Waals surface area contributed by atoms with Gasteiger partial charge in [0.05, 0.1) is 12.1 Å². The van der Waals surface area contributed by atoms with Gasteiger partial charge in [0, 0.05) is 63.2 Å². The van der Waals surface area contributed by atoms with Gasteiger partial charge in [-0.25, -0.2) is 8.78 Å². The Hall–Kier alpha value is -3.82. The summed E-state index contributed by atoms with van der Waals surface area (Å²) in [5, 5.41) is 17.3. The third-order valence-corrected chi connectivity index (χ3v) is 7.46. The molecule has 0 unspecified atom stereocenters. The van der Waals surface area contributed by atoms with Crippen molar-refractivity contribution in [1.82, 2.24) is 15.5 Å². The van der Waals surface area contributed by atoms with Gasteiger partial charge >= 0.3 is 0 Å². The van der Waals surface area contributed by atoms with Gasteiger partial charge in [0.1, 0.15) is 11.6 Å². The summed E-state index contributed by atoms with van der Waals surface area (Å²) < 4.78 is 28.1. The zero-order valence-electron chi connectivity index (χ0n) is 26.5. The van der Waals surface area contributed by atoms with E-state index in [0.29, 0.717) is 36.4 Å². The van der Waals surface area contributed by atoms with Gasteiger partial charge in [0.2, 0.25) is 0 Å². The van der Waals surface area contributed by atoms with Gasteiger partial charge in [-0.1, -0.05) is 45.0 Å². The molecular formula is C35H46F2N4O3. The molecule has 0 saturated heterocycles. The molecule has 9 heteroatoms. The van der Waals surface area contributed by atoms with Gasteiger partial charge in [-0.15, -0.1) is 0 Å². The molecule has 0 aliphatic rings. The van der Waals surface area contributed by atoms with Gasteiger partial charge in [-0.2, -0.15) is 0 Å². The number of hydrogen-bond donors (Lipinski definition) is 3. The molecule has 3 aromatic carbocycles. The van der Waals surface area contributed by atoms with Gasteiger partial charge < -0.3 is 25.5 Å². The third-order valence-electron chi connectivity index (χ3n) is 7.46. The van der Waals surface area contributed by atoms with Crippen LogP contribution in [0.4, 0.5) is 14.5 Å². The molecule has 0 heterocycles. The molecule has 7 nitrogen and oxygen atoms in total. The van der Waals surface area contributed by atoms with E-state index >= 15 is 0 Å². The van der Waals surface area contributed by atoms with Crippen LogP contribution in [0.5, 0.6) is 0 Å². The minimum absolute atomic E-state index is 0.00543. The summed E-state index contributed by atoms with van der Waals surface area (Å²) in [7, 11) is 3.65. The molecule has 2 atom stereocenters. The Labute approximate surface area is 260 Å². The average molecular weight is 609 g/mol. The van der Waals surface area contributed by atoms with Crippen molar-refractivity contribution < 1.29 is 23.5 Å². The molecule has 0 saturated carbocycles.